The zero-order valence-electron chi connectivity index (χ0n) is 12.8. The zero-order chi connectivity index (χ0) is 14.7. The van der Waals surface area contributed by atoms with Crippen LogP contribution in [0.4, 0.5) is 0 Å². The number of β-amino-alcohol motifs (C(OH)–C–C–N with tert-alkyl or cyclic N) is 1. The minimum absolute atomic E-state index is 0.462. The molecule has 4 nitrogen and oxygen atoms in total. The summed E-state index contributed by atoms with van der Waals surface area (Å²) < 4.78 is 11.3. The van der Waals surface area contributed by atoms with Crippen LogP contribution < -0.4 is 9.47 Å². The molecule has 3 rings (SSSR count). The van der Waals surface area contributed by atoms with Gasteiger partial charge in [-0.3, -0.25) is 0 Å². The van der Waals surface area contributed by atoms with Crippen LogP contribution in [0.2, 0.25) is 0 Å². The summed E-state index contributed by atoms with van der Waals surface area (Å²) in [6.45, 7) is 6.55. The molecule has 2 aliphatic heterocycles. The van der Waals surface area contributed by atoms with Crippen LogP contribution in [0, 0.1) is 5.92 Å². The predicted octanol–water partition coefficient (Wildman–Crippen LogP) is 2.61. The Morgan fingerprint density at radius 2 is 1.90 bits per heavy atom. The second-order valence-electron chi connectivity index (χ2n) is 6.26. The molecule has 0 radical (unpaired) electrons. The molecule has 1 unspecified atom stereocenters. The highest BCUT2D eigenvalue weighted by atomic mass is 16.5. The van der Waals surface area contributed by atoms with E-state index < -0.39 is 6.10 Å². The lowest BCUT2D eigenvalue weighted by molar-refractivity contribution is 0.0914. The van der Waals surface area contributed by atoms with E-state index in [-0.39, 0.29) is 0 Å². The van der Waals surface area contributed by atoms with E-state index in [0.29, 0.717) is 19.8 Å². The highest BCUT2D eigenvalue weighted by Crippen LogP contribution is 2.32. The van der Waals surface area contributed by atoms with Crippen LogP contribution in [0.3, 0.4) is 0 Å². The van der Waals surface area contributed by atoms with E-state index in [2.05, 4.69) is 11.8 Å². The summed E-state index contributed by atoms with van der Waals surface area (Å²) in [6.07, 6.45) is 2.90. The van der Waals surface area contributed by atoms with Crippen molar-refractivity contribution in [3.05, 3.63) is 23.8 Å². The van der Waals surface area contributed by atoms with E-state index in [1.807, 2.05) is 18.2 Å². The third-order valence-corrected chi connectivity index (χ3v) is 4.46. The second kappa shape index (κ2) is 6.67. The van der Waals surface area contributed by atoms with E-state index in [1.54, 1.807) is 0 Å². The summed E-state index contributed by atoms with van der Waals surface area (Å²) in [6, 6.07) is 5.79. The van der Waals surface area contributed by atoms with Crippen molar-refractivity contribution >= 4 is 0 Å². The molecule has 0 bridgehead atoms. The molecule has 116 valence electrons. The minimum atomic E-state index is -0.462. The Balaban J connectivity index is 1.64. The first-order valence-electron chi connectivity index (χ1n) is 8.02. The van der Waals surface area contributed by atoms with E-state index in [9.17, 15) is 5.11 Å². The SMILES string of the molecule is CC1CCN(CC(O)c2ccc3c(c2)OCCCO3)CC1. The Hall–Kier alpha value is -1.26. The largest absolute Gasteiger partial charge is 0.490 e. The molecular weight excluding hydrogens is 266 g/mol. The van der Waals surface area contributed by atoms with E-state index in [4.69, 9.17) is 9.47 Å². The summed E-state index contributed by atoms with van der Waals surface area (Å²) in [5, 5.41) is 10.5. The Bertz CT molecular complexity index is 469. The highest BCUT2D eigenvalue weighted by molar-refractivity contribution is 5.44. The van der Waals surface area contributed by atoms with Gasteiger partial charge >= 0.3 is 0 Å². The molecule has 1 aromatic carbocycles. The maximum atomic E-state index is 10.5. The second-order valence-corrected chi connectivity index (χ2v) is 6.26. The topological polar surface area (TPSA) is 41.9 Å². The average Bonchev–Trinajstić information content (AvgIpc) is 2.74. The Labute approximate surface area is 126 Å². The van der Waals surface area contributed by atoms with Crippen molar-refractivity contribution in [3.63, 3.8) is 0 Å². The number of likely N-dealkylation sites (tertiary alicyclic amines) is 1. The zero-order valence-corrected chi connectivity index (χ0v) is 12.8. The van der Waals surface area contributed by atoms with Gasteiger partial charge < -0.3 is 19.5 Å². The van der Waals surface area contributed by atoms with Crippen molar-refractivity contribution in [2.75, 3.05) is 32.8 Å². The van der Waals surface area contributed by atoms with Gasteiger partial charge in [0.2, 0.25) is 0 Å². The number of nitrogens with zero attached hydrogens (tertiary/aromatic N) is 1. The number of benzene rings is 1. The van der Waals surface area contributed by atoms with Crippen LogP contribution in [0.5, 0.6) is 11.5 Å². The van der Waals surface area contributed by atoms with Crippen LogP contribution >= 0.6 is 0 Å². The van der Waals surface area contributed by atoms with Crippen molar-refractivity contribution in [2.24, 2.45) is 5.92 Å². The molecule has 0 spiro atoms. The fourth-order valence-electron chi connectivity index (χ4n) is 2.98. The van der Waals surface area contributed by atoms with E-state index >= 15 is 0 Å². The van der Waals surface area contributed by atoms with Crippen molar-refractivity contribution in [2.45, 2.75) is 32.3 Å². The number of aliphatic hydroxyl groups is 1. The Morgan fingerprint density at radius 3 is 2.67 bits per heavy atom. The van der Waals surface area contributed by atoms with E-state index in [0.717, 1.165) is 42.5 Å². The number of rotatable bonds is 3. The molecule has 0 aliphatic carbocycles. The summed E-state index contributed by atoms with van der Waals surface area (Å²) >= 11 is 0. The lowest BCUT2D eigenvalue weighted by atomic mass is 9.98. The molecule has 0 saturated carbocycles. The Morgan fingerprint density at radius 1 is 1.19 bits per heavy atom. The fourth-order valence-corrected chi connectivity index (χ4v) is 2.98. The van der Waals surface area contributed by atoms with Gasteiger partial charge in [0.15, 0.2) is 11.5 Å². The van der Waals surface area contributed by atoms with Gasteiger partial charge in [-0.05, 0) is 49.5 Å². The van der Waals surface area contributed by atoms with Crippen LogP contribution in [-0.4, -0.2) is 42.9 Å². The molecule has 21 heavy (non-hydrogen) atoms. The van der Waals surface area contributed by atoms with Gasteiger partial charge in [-0.25, -0.2) is 0 Å². The normalized spacial score (nSPS) is 21.8. The number of hydrogen-bond acceptors (Lipinski definition) is 4. The van der Waals surface area contributed by atoms with Crippen molar-refractivity contribution < 1.29 is 14.6 Å². The van der Waals surface area contributed by atoms with Gasteiger partial charge in [0.1, 0.15) is 0 Å². The monoisotopic (exact) mass is 291 g/mol. The third-order valence-electron chi connectivity index (χ3n) is 4.46. The first-order valence-corrected chi connectivity index (χ1v) is 8.02. The quantitative estimate of drug-likeness (QED) is 0.929. The smallest absolute Gasteiger partial charge is 0.161 e. The molecule has 1 fully saturated rings. The lowest BCUT2D eigenvalue weighted by Gasteiger charge is -2.31. The summed E-state index contributed by atoms with van der Waals surface area (Å²) in [7, 11) is 0. The van der Waals surface area contributed by atoms with Gasteiger partial charge in [0.05, 0.1) is 19.3 Å². The van der Waals surface area contributed by atoms with Crippen LogP contribution in [0.1, 0.15) is 37.9 Å². The number of hydrogen-bond donors (Lipinski definition) is 1. The third kappa shape index (κ3) is 3.69. The first kappa shape index (κ1) is 14.7. The standard InChI is InChI=1S/C17H25NO3/c1-13-5-7-18(8-6-13)12-15(19)14-3-4-16-17(11-14)21-10-2-9-20-16/h3-4,11,13,15,19H,2,5-10,12H2,1H3. The summed E-state index contributed by atoms with van der Waals surface area (Å²) in [5.74, 6) is 2.36. The number of fused-ring (bicyclic) bond motifs is 1. The van der Waals surface area contributed by atoms with Gasteiger partial charge in [-0.1, -0.05) is 13.0 Å². The molecular formula is C17H25NO3. The molecule has 1 saturated heterocycles. The molecule has 1 atom stereocenters. The fraction of sp³-hybridized carbons (Fsp3) is 0.647. The lowest BCUT2D eigenvalue weighted by Crippen LogP contribution is -2.35. The van der Waals surface area contributed by atoms with Gasteiger partial charge in [-0.15, -0.1) is 0 Å². The molecule has 0 aromatic heterocycles. The number of aliphatic hydroxyl groups excluding tert-OH is 1. The number of ether oxygens (including phenoxy) is 2. The molecule has 2 aliphatic rings. The summed E-state index contributed by atoms with van der Waals surface area (Å²) in [4.78, 5) is 2.35. The van der Waals surface area contributed by atoms with Crippen molar-refractivity contribution in [1.29, 1.82) is 0 Å². The maximum Gasteiger partial charge on any atom is 0.161 e. The molecule has 2 heterocycles. The molecule has 1 N–H and O–H groups in total. The molecule has 0 amide bonds. The van der Waals surface area contributed by atoms with Crippen LogP contribution in [0.25, 0.3) is 0 Å². The van der Waals surface area contributed by atoms with Gasteiger partial charge in [-0.2, -0.15) is 0 Å². The first-order chi connectivity index (χ1) is 10.2. The van der Waals surface area contributed by atoms with Crippen molar-refractivity contribution in [1.82, 2.24) is 4.90 Å². The molecule has 1 aromatic rings. The maximum absolute atomic E-state index is 10.5. The predicted molar refractivity (Wildman–Crippen MR) is 81.8 cm³/mol. The van der Waals surface area contributed by atoms with Crippen LogP contribution in [0.15, 0.2) is 18.2 Å². The van der Waals surface area contributed by atoms with Gasteiger partial charge in [0.25, 0.3) is 0 Å². The number of piperidine rings is 1. The van der Waals surface area contributed by atoms with E-state index in [1.165, 1.54) is 12.8 Å². The minimum Gasteiger partial charge on any atom is -0.490 e. The van der Waals surface area contributed by atoms with Crippen molar-refractivity contribution in [3.8, 4) is 11.5 Å². The average molecular weight is 291 g/mol. The Kier molecular flexibility index (Phi) is 4.66. The van der Waals surface area contributed by atoms with Gasteiger partial charge in [0, 0.05) is 13.0 Å². The molecule has 4 heteroatoms. The van der Waals surface area contributed by atoms with Crippen LogP contribution in [-0.2, 0) is 0 Å². The summed E-state index contributed by atoms with van der Waals surface area (Å²) in [5.41, 5.74) is 0.915. The highest BCUT2D eigenvalue weighted by Gasteiger charge is 2.20.